The van der Waals surface area contributed by atoms with Gasteiger partial charge < -0.3 is 39.2 Å². The molecule has 5 unspecified atom stereocenters. The summed E-state index contributed by atoms with van der Waals surface area (Å²) in [6.45, 7) is 7.89. The van der Waals surface area contributed by atoms with Gasteiger partial charge in [0.15, 0.2) is 6.29 Å². The SMILES string of the molecule is COCC1CCN(C(=O)N(CC(C)C)C[C@@H](O)[C@H](Cc2ccccc2)NC(=O)OC2C3COC4OCC2C4C3)CC1. The lowest BCUT2D eigenvalue weighted by atomic mass is 9.98. The van der Waals surface area contributed by atoms with Crippen LogP contribution in [0, 0.1) is 29.6 Å². The molecule has 1 aromatic rings. The first-order chi connectivity index (χ1) is 19.8. The highest BCUT2D eigenvalue weighted by molar-refractivity contribution is 5.74. The number of nitrogens with one attached hydrogen (secondary N) is 1. The molecule has 3 saturated heterocycles. The second-order valence-corrected chi connectivity index (χ2v) is 12.7. The van der Waals surface area contributed by atoms with Crippen molar-refractivity contribution >= 4 is 12.1 Å². The fourth-order valence-corrected chi connectivity index (χ4v) is 7.06. The first-order valence-corrected chi connectivity index (χ1v) is 15.3. The number of fused-ring (bicyclic) bond motifs is 1. The lowest BCUT2D eigenvalue weighted by Crippen LogP contribution is -2.54. The van der Waals surface area contributed by atoms with Crippen LogP contribution in [0.2, 0.25) is 0 Å². The Labute approximate surface area is 243 Å². The second kappa shape index (κ2) is 13.7. The van der Waals surface area contributed by atoms with Gasteiger partial charge in [0.25, 0.3) is 0 Å². The zero-order chi connectivity index (χ0) is 28.9. The summed E-state index contributed by atoms with van der Waals surface area (Å²) >= 11 is 0. The summed E-state index contributed by atoms with van der Waals surface area (Å²) in [6, 6.07) is 9.06. The molecule has 10 nitrogen and oxygen atoms in total. The number of alkyl carbamates (subject to hydrolysis) is 1. The number of amides is 3. The molecule has 3 aliphatic heterocycles. The number of hydrogen-bond acceptors (Lipinski definition) is 7. The van der Waals surface area contributed by atoms with E-state index in [2.05, 4.69) is 19.2 Å². The smallest absolute Gasteiger partial charge is 0.407 e. The lowest BCUT2D eigenvalue weighted by molar-refractivity contribution is -0.169. The average Bonchev–Trinajstić information content (AvgIpc) is 3.49. The summed E-state index contributed by atoms with van der Waals surface area (Å²) in [5.41, 5.74) is 0.982. The van der Waals surface area contributed by atoms with Crippen molar-refractivity contribution in [2.24, 2.45) is 29.6 Å². The number of methoxy groups -OCH3 is 1. The minimum absolute atomic E-state index is 0.0660. The van der Waals surface area contributed by atoms with Crippen LogP contribution in [0.15, 0.2) is 30.3 Å². The zero-order valence-electron chi connectivity index (χ0n) is 24.7. The number of aliphatic hydroxyl groups is 1. The molecule has 0 aromatic heterocycles. The average molecular weight is 574 g/mol. The van der Waals surface area contributed by atoms with Gasteiger partial charge in [-0.3, -0.25) is 0 Å². The molecule has 4 aliphatic rings. The van der Waals surface area contributed by atoms with E-state index in [1.807, 2.05) is 35.2 Å². The number of piperidine rings is 1. The molecule has 10 heteroatoms. The van der Waals surface area contributed by atoms with Crippen molar-refractivity contribution in [2.75, 3.05) is 53.1 Å². The van der Waals surface area contributed by atoms with Gasteiger partial charge in [0.1, 0.15) is 6.10 Å². The van der Waals surface area contributed by atoms with Gasteiger partial charge in [-0.15, -0.1) is 0 Å². The van der Waals surface area contributed by atoms with Gasteiger partial charge in [0.05, 0.1) is 31.9 Å². The Morgan fingerprint density at radius 3 is 2.54 bits per heavy atom. The normalized spacial score (nSPS) is 28.9. The van der Waals surface area contributed by atoms with E-state index >= 15 is 0 Å². The Balaban J connectivity index is 1.24. The van der Waals surface area contributed by atoms with Gasteiger partial charge in [-0.1, -0.05) is 44.2 Å². The van der Waals surface area contributed by atoms with E-state index in [-0.39, 0.29) is 48.6 Å². The van der Waals surface area contributed by atoms with E-state index in [0.717, 1.165) is 24.8 Å². The second-order valence-electron chi connectivity index (χ2n) is 12.7. The third-order valence-corrected chi connectivity index (χ3v) is 9.15. The molecular formula is C31H47N3O7. The Hall–Kier alpha value is -2.40. The van der Waals surface area contributed by atoms with Crippen molar-refractivity contribution in [3.05, 3.63) is 35.9 Å². The van der Waals surface area contributed by atoms with Crippen molar-refractivity contribution in [1.82, 2.24) is 15.1 Å². The lowest BCUT2D eigenvalue weighted by Gasteiger charge is -2.38. The minimum Gasteiger partial charge on any atom is -0.445 e. The van der Waals surface area contributed by atoms with E-state index in [0.29, 0.717) is 51.8 Å². The molecule has 228 valence electrons. The van der Waals surface area contributed by atoms with E-state index in [9.17, 15) is 14.7 Å². The van der Waals surface area contributed by atoms with Crippen LogP contribution < -0.4 is 5.32 Å². The van der Waals surface area contributed by atoms with Gasteiger partial charge in [0, 0.05) is 51.1 Å². The Morgan fingerprint density at radius 1 is 1.10 bits per heavy atom. The number of carbonyl (C=O) groups is 2. The zero-order valence-corrected chi connectivity index (χ0v) is 24.7. The van der Waals surface area contributed by atoms with Crippen molar-refractivity contribution in [3.63, 3.8) is 0 Å². The fraction of sp³-hybridized carbons (Fsp3) is 0.742. The van der Waals surface area contributed by atoms with Crippen LogP contribution >= 0.6 is 0 Å². The highest BCUT2D eigenvalue weighted by Crippen LogP contribution is 2.49. The highest BCUT2D eigenvalue weighted by Gasteiger charge is 2.56. The number of carbonyl (C=O) groups excluding carboxylic acids is 2. The van der Waals surface area contributed by atoms with Gasteiger partial charge in [-0.25, -0.2) is 9.59 Å². The Morgan fingerprint density at radius 2 is 1.83 bits per heavy atom. The molecule has 0 spiro atoms. The number of ether oxygens (including phenoxy) is 4. The Kier molecular flexibility index (Phi) is 10.1. The van der Waals surface area contributed by atoms with E-state index in [4.69, 9.17) is 18.9 Å². The van der Waals surface area contributed by atoms with Crippen molar-refractivity contribution in [1.29, 1.82) is 0 Å². The summed E-state index contributed by atoms with van der Waals surface area (Å²) in [6.07, 6.45) is 1.19. The van der Waals surface area contributed by atoms with Crippen LogP contribution in [0.25, 0.3) is 0 Å². The summed E-state index contributed by atoms with van der Waals surface area (Å²) in [5.74, 6) is 1.27. The molecule has 3 amide bonds. The topological polar surface area (TPSA) is 110 Å². The number of benzene rings is 1. The number of rotatable bonds is 11. The third-order valence-electron chi connectivity index (χ3n) is 9.15. The molecule has 41 heavy (non-hydrogen) atoms. The standard InChI is InChI=1S/C31H47N3O7/c1-20(2)15-34(31(37)33-11-9-22(10-12-33)17-38-3)16-27(35)26(13-21-7-5-4-6-8-21)32-30(36)41-28-23-14-24-25(28)19-40-29(24)39-18-23/h4-8,20,22-29,35H,9-19H2,1-3H3,(H,32,36)/t23?,24?,25?,26-,27+,28?,29?/m0/s1. The molecule has 2 bridgehead atoms. The number of nitrogens with zero attached hydrogens (tertiary/aromatic N) is 2. The van der Waals surface area contributed by atoms with Crippen LogP contribution in [-0.2, 0) is 25.4 Å². The van der Waals surface area contributed by atoms with Crippen molar-refractivity contribution in [2.45, 2.75) is 64.1 Å². The maximum atomic E-state index is 13.6. The Bertz CT molecular complexity index is 1000. The molecular weight excluding hydrogens is 526 g/mol. The predicted octanol–water partition coefficient (Wildman–Crippen LogP) is 3.13. The van der Waals surface area contributed by atoms with Crippen LogP contribution in [0.1, 0.15) is 38.7 Å². The van der Waals surface area contributed by atoms with Crippen LogP contribution in [-0.4, -0.2) is 105 Å². The molecule has 5 rings (SSSR count). The molecule has 1 saturated carbocycles. The molecule has 0 radical (unpaired) electrons. The monoisotopic (exact) mass is 573 g/mol. The van der Waals surface area contributed by atoms with Crippen LogP contribution in [0.5, 0.6) is 0 Å². The van der Waals surface area contributed by atoms with E-state index < -0.39 is 18.2 Å². The van der Waals surface area contributed by atoms with Gasteiger partial charge >= 0.3 is 12.1 Å². The first-order valence-electron chi connectivity index (χ1n) is 15.3. The number of aliphatic hydroxyl groups excluding tert-OH is 1. The fourth-order valence-electron chi connectivity index (χ4n) is 7.06. The third kappa shape index (κ3) is 7.34. The maximum absolute atomic E-state index is 13.6. The number of hydrogen-bond donors (Lipinski definition) is 2. The quantitative estimate of drug-likeness (QED) is 0.419. The maximum Gasteiger partial charge on any atom is 0.407 e. The molecule has 3 heterocycles. The van der Waals surface area contributed by atoms with Crippen molar-refractivity contribution in [3.8, 4) is 0 Å². The van der Waals surface area contributed by atoms with E-state index in [1.54, 1.807) is 12.0 Å². The van der Waals surface area contributed by atoms with E-state index in [1.165, 1.54) is 0 Å². The number of urea groups is 1. The largest absolute Gasteiger partial charge is 0.445 e. The minimum atomic E-state index is -0.984. The summed E-state index contributed by atoms with van der Waals surface area (Å²) < 4.78 is 22.9. The molecule has 7 atom stereocenters. The molecule has 1 aliphatic carbocycles. The van der Waals surface area contributed by atoms with Crippen LogP contribution in [0.3, 0.4) is 0 Å². The van der Waals surface area contributed by atoms with Gasteiger partial charge in [-0.05, 0) is 43.1 Å². The predicted molar refractivity (Wildman–Crippen MR) is 152 cm³/mol. The summed E-state index contributed by atoms with van der Waals surface area (Å²) in [5, 5.41) is 14.5. The van der Waals surface area contributed by atoms with Crippen molar-refractivity contribution < 1.29 is 33.6 Å². The highest BCUT2D eigenvalue weighted by atomic mass is 16.7. The molecule has 2 N–H and O–H groups in total. The molecule has 4 fully saturated rings. The van der Waals surface area contributed by atoms with Gasteiger partial charge in [-0.2, -0.15) is 0 Å². The first kappa shape index (κ1) is 30.1. The van der Waals surface area contributed by atoms with Crippen LogP contribution in [0.4, 0.5) is 9.59 Å². The summed E-state index contributed by atoms with van der Waals surface area (Å²) in [7, 11) is 1.71. The van der Waals surface area contributed by atoms with Gasteiger partial charge in [0.2, 0.25) is 0 Å². The number of likely N-dealkylation sites (tertiary alicyclic amines) is 1. The summed E-state index contributed by atoms with van der Waals surface area (Å²) in [4.78, 5) is 30.5. The molecule has 1 aromatic carbocycles.